The molecule has 3 atom stereocenters. The highest BCUT2D eigenvalue weighted by Crippen LogP contribution is 2.56. The van der Waals surface area contributed by atoms with E-state index < -0.39 is 15.4 Å². The first kappa shape index (κ1) is 8.44. The second-order valence-corrected chi connectivity index (χ2v) is 7.69. The van der Waals surface area contributed by atoms with Crippen molar-refractivity contribution in [3.63, 3.8) is 0 Å². The number of alkyl halides is 1. The molecule has 5 heteroatoms. The predicted molar refractivity (Wildman–Crippen MR) is 51.7 cm³/mol. The van der Waals surface area contributed by atoms with Gasteiger partial charge in [-0.25, -0.2) is 8.42 Å². The lowest BCUT2D eigenvalue weighted by Gasteiger charge is -2.28. The number of ether oxygens (including phenoxy) is 1. The molecule has 3 heterocycles. The van der Waals surface area contributed by atoms with Crippen LogP contribution in [0.3, 0.4) is 0 Å². The molecule has 72 valence electrons. The molecule has 0 aromatic heterocycles. The molecule has 0 amide bonds. The number of fused-ring (bicyclic) bond motifs is 1. The minimum atomic E-state index is -2.93. The van der Waals surface area contributed by atoms with Crippen LogP contribution in [0.25, 0.3) is 0 Å². The van der Waals surface area contributed by atoms with Crippen LogP contribution < -0.4 is 0 Å². The summed E-state index contributed by atoms with van der Waals surface area (Å²) in [6.07, 6.45) is 4.79. The van der Waals surface area contributed by atoms with Crippen molar-refractivity contribution >= 4 is 25.8 Å². The molecule has 0 unspecified atom stereocenters. The molecular weight excluding hydrogens is 256 g/mol. The van der Waals surface area contributed by atoms with Gasteiger partial charge in [0.15, 0.2) is 9.84 Å². The second kappa shape index (κ2) is 2.04. The van der Waals surface area contributed by atoms with Crippen molar-refractivity contribution < 1.29 is 13.2 Å². The van der Waals surface area contributed by atoms with E-state index >= 15 is 0 Å². The molecule has 0 aromatic rings. The van der Waals surface area contributed by atoms with E-state index in [0.29, 0.717) is 0 Å². The van der Waals surface area contributed by atoms with Gasteiger partial charge in [-0.1, -0.05) is 28.1 Å². The Bertz CT molecular complexity index is 402. The van der Waals surface area contributed by atoms with Crippen molar-refractivity contribution in [1.82, 2.24) is 0 Å². The number of halogens is 1. The van der Waals surface area contributed by atoms with Gasteiger partial charge in [-0.05, 0) is 6.42 Å². The lowest BCUT2D eigenvalue weighted by atomic mass is 9.86. The quantitative estimate of drug-likeness (QED) is 0.477. The number of sulfone groups is 1. The highest BCUT2D eigenvalue weighted by molar-refractivity contribution is 9.10. The standard InChI is InChI=1S/C8H9BrO3S/c9-7-3-6-1-2-8(7,12-6)5-13(10,11)4-7/h1-2,6H,3-5H2/t6-,7-,8-/m1/s1. The van der Waals surface area contributed by atoms with Gasteiger partial charge in [0.05, 0.1) is 21.9 Å². The molecule has 0 N–H and O–H groups in total. The van der Waals surface area contributed by atoms with Gasteiger partial charge in [-0.3, -0.25) is 0 Å². The van der Waals surface area contributed by atoms with Crippen LogP contribution in [0.4, 0.5) is 0 Å². The van der Waals surface area contributed by atoms with E-state index in [9.17, 15) is 8.42 Å². The summed E-state index contributed by atoms with van der Waals surface area (Å²) in [4.78, 5) is 0. The number of hydrogen-bond acceptors (Lipinski definition) is 3. The van der Waals surface area contributed by atoms with E-state index in [-0.39, 0.29) is 21.9 Å². The maximum absolute atomic E-state index is 11.5. The van der Waals surface area contributed by atoms with Crippen LogP contribution in [0.2, 0.25) is 0 Å². The highest BCUT2D eigenvalue weighted by atomic mass is 79.9. The summed E-state index contributed by atoms with van der Waals surface area (Å²) >= 11 is 3.54. The molecule has 0 aliphatic carbocycles. The fraction of sp³-hybridized carbons (Fsp3) is 0.750. The molecule has 1 spiro atoms. The molecule has 0 saturated carbocycles. The highest BCUT2D eigenvalue weighted by Gasteiger charge is 2.66. The molecule has 0 aromatic carbocycles. The van der Waals surface area contributed by atoms with Crippen LogP contribution in [-0.4, -0.2) is 36.0 Å². The monoisotopic (exact) mass is 264 g/mol. The first-order valence-electron chi connectivity index (χ1n) is 4.21. The fourth-order valence-electron chi connectivity index (χ4n) is 2.59. The van der Waals surface area contributed by atoms with Crippen LogP contribution in [-0.2, 0) is 14.6 Å². The normalized spacial score (nSPS) is 55.6. The first-order valence-corrected chi connectivity index (χ1v) is 6.83. The topological polar surface area (TPSA) is 43.4 Å². The SMILES string of the molecule is O=S1(=O)C[C@]2(Br)C[C@H]3C=C[C@]2(C1)O3. The number of rotatable bonds is 0. The molecule has 2 fully saturated rings. The van der Waals surface area contributed by atoms with Crippen molar-refractivity contribution in [2.24, 2.45) is 0 Å². The van der Waals surface area contributed by atoms with Crippen molar-refractivity contribution in [3.05, 3.63) is 12.2 Å². The summed E-state index contributed by atoms with van der Waals surface area (Å²) in [5.74, 6) is 0.346. The van der Waals surface area contributed by atoms with E-state index in [1.807, 2.05) is 12.2 Å². The Morgan fingerprint density at radius 2 is 2.23 bits per heavy atom. The van der Waals surface area contributed by atoms with Gasteiger partial charge < -0.3 is 4.74 Å². The summed E-state index contributed by atoms with van der Waals surface area (Å²) < 4.78 is 28.3. The van der Waals surface area contributed by atoms with Crippen molar-refractivity contribution in [1.29, 1.82) is 0 Å². The van der Waals surface area contributed by atoms with Crippen LogP contribution in [0, 0.1) is 0 Å². The summed E-state index contributed by atoms with van der Waals surface area (Å²) in [7, 11) is -2.93. The predicted octanol–water partition coefficient (Wildman–Crippen LogP) is 0.646. The van der Waals surface area contributed by atoms with E-state index in [1.165, 1.54) is 0 Å². The minimum Gasteiger partial charge on any atom is -0.361 e. The van der Waals surface area contributed by atoms with Crippen LogP contribution in [0.1, 0.15) is 6.42 Å². The van der Waals surface area contributed by atoms with Crippen LogP contribution >= 0.6 is 15.9 Å². The lowest BCUT2D eigenvalue weighted by Crippen LogP contribution is -2.43. The van der Waals surface area contributed by atoms with E-state index in [1.54, 1.807) is 0 Å². The largest absolute Gasteiger partial charge is 0.361 e. The lowest BCUT2D eigenvalue weighted by molar-refractivity contribution is 0.0454. The summed E-state index contributed by atoms with van der Waals surface area (Å²) in [5.41, 5.74) is -0.559. The van der Waals surface area contributed by atoms with Gasteiger partial charge in [0, 0.05) is 0 Å². The molecule has 3 aliphatic heterocycles. The minimum absolute atomic E-state index is 0.120. The van der Waals surface area contributed by atoms with Crippen molar-refractivity contribution in [2.75, 3.05) is 11.5 Å². The Labute approximate surface area is 85.2 Å². The molecule has 2 saturated heterocycles. The molecule has 3 aliphatic rings. The summed E-state index contributed by atoms with van der Waals surface area (Å²) in [6.45, 7) is 0. The molecule has 3 nitrogen and oxygen atoms in total. The molecule has 13 heavy (non-hydrogen) atoms. The Morgan fingerprint density at radius 1 is 1.46 bits per heavy atom. The zero-order chi connectivity index (χ0) is 9.32. The third kappa shape index (κ3) is 0.903. The van der Waals surface area contributed by atoms with Crippen molar-refractivity contribution in [2.45, 2.75) is 22.5 Å². The molecule has 0 radical (unpaired) electrons. The molecule has 3 rings (SSSR count). The Hall–Kier alpha value is 0.130. The molecular formula is C8H9BrO3S. The zero-order valence-electron chi connectivity index (χ0n) is 6.86. The average Bonchev–Trinajstić information content (AvgIpc) is 2.42. The van der Waals surface area contributed by atoms with E-state index in [4.69, 9.17) is 4.74 Å². The van der Waals surface area contributed by atoms with Crippen LogP contribution in [0.15, 0.2) is 12.2 Å². The Kier molecular flexibility index (Phi) is 1.33. The van der Waals surface area contributed by atoms with Gasteiger partial charge in [0.25, 0.3) is 0 Å². The van der Waals surface area contributed by atoms with Gasteiger partial charge in [0.1, 0.15) is 5.60 Å². The first-order chi connectivity index (χ1) is 5.95. The van der Waals surface area contributed by atoms with E-state index in [0.717, 1.165) is 6.42 Å². The van der Waals surface area contributed by atoms with Gasteiger partial charge in [-0.15, -0.1) is 0 Å². The second-order valence-electron chi connectivity index (χ2n) is 4.11. The third-order valence-corrected chi connectivity index (χ3v) is 6.56. The van der Waals surface area contributed by atoms with E-state index in [2.05, 4.69) is 15.9 Å². The van der Waals surface area contributed by atoms with Gasteiger partial charge in [-0.2, -0.15) is 0 Å². The smallest absolute Gasteiger partial charge is 0.155 e. The molecule has 2 bridgehead atoms. The number of hydrogen-bond donors (Lipinski definition) is 0. The van der Waals surface area contributed by atoms with Gasteiger partial charge >= 0.3 is 0 Å². The maximum atomic E-state index is 11.5. The Morgan fingerprint density at radius 3 is 2.85 bits per heavy atom. The summed E-state index contributed by atoms with van der Waals surface area (Å²) in [5, 5.41) is 0. The van der Waals surface area contributed by atoms with Crippen LogP contribution in [0.5, 0.6) is 0 Å². The third-order valence-electron chi connectivity index (χ3n) is 3.11. The average molecular weight is 265 g/mol. The van der Waals surface area contributed by atoms with Gasteiger partial charge in [0.2, 0.25) is 0 Å². The summed E-state index contributed by atoms with van der Waals surface area (Å²) in [6, 6.07) is 0. The fourth-order valence-corrected chi connectivity index (χ4v) is 6.76. The Balaban J connectivity index is 2.18. The maximum Gasteiger partial charge on any atom is 0.155 e. The zero-order valence-corrected chi connectivity index (χ0v) is 9.27. The van der Waals surface area contributed by atoms with Crippen molar-refractivity contribution in [3.8, 4) is 0 Å².